The maximum Gasteiger partial charge on any atom is 0.332 e. The molecule has 8 aromatic rings. The van der Waals surface area contributed by atoms with Crippen LogP contribution >= 0.6 is 0 Å². The maximum absolute atomic E-state index is 2.68. The molecule has 4 heteroatoms. The van der Waals surface area contributed by atoms with Crippen LogP contribution in [-0.2, 0) is 5.41 Å². The summed E-state index contributed by atoms with van der Waals surface area (Å²) in [5.74, 6) is 0. The summed E-state index contributed by atoms with van der Waals surface area (Å²) in [6.07, 6.45) is 0. The van der Waals surface area contributed by atoms with Crippen LogP contribution in [0.2, 0.25) is 0 Å². The quantitative estimate of drug-likeness (QED) is 0.176. The van der Waals surface area contributed by atoms with Crippen LogP contribution in [0, 0.1) is 0 Å². The average molecular weight is 652 g/mol. The molecule has 11 rings (SSSR count). The normalized spacial score (nSPS) is 14.9. The largest absolute Gasteiger partial charge is 0.379 e. The summed E-state index contributed by atoms with van der Waals surface area (Å²) < 4.78 is 2.55. The van der Waals surface area contributed by atoms with Gasteiger partial charge in [0.15, 0.2) is 0 Å². The molecule has 1 aromatic heterocycles. The third kappa shape index (κ3) is 3.79. The van der Waals surface area contributed by atoms with Gasteiger partial charge in [-0.3, -0.25) is 0 Å². The molecule has 0 saturated heterocycles. The molecular formula is C47H34BN3. The lowest BCUT2D eigenvalue weighted by molar-refractivity contribution is 0.630. The van der Waals surface area contributed by atoms with E-state index in [9.17, 15) is 0 Å². The van der Waals surface area contributed by atoms with Gasteiger partial charge in [-0.2, -0.15) is 0 Å². The van der Waals surface area contributed by atoms with E-state index in [2.05, 4.69) is 198 Å². The minimum Gasteiger partial charge on any atom is -0.379 e. The minimum atomic E-state index is -0.180. The van der Waals surface area contributed by atoms with Crippen LogP contribution in [0.4, 0.5) is 22.7 Å². The number of hydrogen-bond donors (Lipinski definition) is 0. The summed E-state index contributed by atoms with van der Waals surface area (Å²) in [5.41, 5.74) is 17.8. The molecule has 7 aromatic carbocycles. The second-order valence-corrected chi connectivity index (χ2v) is 14.5. The van der Waals surface area contributed by atoms with Crippen LogP contribution in [0.15, 0.2) is 176 Å². The fourth-order valence-electron chi connectivity index (χ4n) is 9.48. The van der Waals surface area contributed by atoms with Crippen LogP contribution in [0.5, 0.6) is 0 Å². The van der Waals surface area contributed by atoms with Crippen LogP contribution in [0.3, 0.4) is 0 Å². The van der Waals surface area contributed by atoms with Gasteiger partial charge in [-0.15, -0.1) is 0 Å². The summed E-state index contributed by atoms with van der Waals surface area (Å²) in [6.45, 7) is 4.84. The van der Waals surface area contributed by atoms with E-state index >= 15 is 0 Å². The van der Waals surface area contributed by atoms with Crippen molar-refractivity contribution in [2.75, 3.05) is 9.71 Å². The molecule has 0 spiro atoms. The van der Waals surface area contributed by atoms with Crippen LogP contribution in [0.25, 0.3) is 33.1 Å². The topological polar surface area (TPSA) is 11.4 Å². The zero-order chi connectivity index (χ0) is 33.8. The fourth-order valence-corrected chi connectivity index (χ4v) is 9.48. The van der Waals surface area contributed by atoms with Crippen molar-refractivity contribution in [3.05, 3.63) is 192 Å². The highest BCUT2D eigenvalue weighted by atomic mass is 15.1. The van der Waals surface area contributed by atoms with Crippen molar-refractivity contribution >= 4 is 67.9 Å². The average Bonchev–Trinajstić information content (AvgIpc) is 3.64. The Balaban J connectivity index is 1.22. The van der Waals surface area contributed by atoms with Crippen LogP contribution in [-0.4, -0.2) is 11.4 Å². The van der Waals surface area contributed by atoms with Crippen molar-refractivity contribution in [3.8, 4) is 5.69 Å². The lowest BCUT2D eigenvalue weighted by Gasteiger charge is -2.45. The summed E-state index contributed by atoms with van der Waals surface area (Å²) >= 11 is 0. The Morgan fingerprint density at radius 2 is 1.20 bits per heavy atom. The predicted molar refractivity (Wildman–Crippen MR) is 215 cm³/mol. The second-order valence-electron chi connectivity index (χ2n) is 14.5. The third-order valence-corrected chi connectivity index (χ3v) is 11.5. The fraction of sp³-hybridized carbons (Fsp3) is 0.0638. The first-order valence-electron chi connectivity index (χ1n) is 17.9. The standard InChI is InChI=1S/C47H34BN3/c1-47(2)39-25-13-12-22-36(39)43-37-24-15-27-42-44(37)48(51(46(43)47)33-20-10-5-11-21-33)40-26-14-23-35-38-30-34(28-29-41(38)50(42)45(35)40)49(31-16-6-3-7-17-31)32-18-8-4-9-19-32/h3-30H,1-2H3. The molecule has 0 radical (unpaired) electrons. The molecule has 3 nitrogen and oxygen atoms in total. The Morgan fingerprint density at radius 3 is 1.94 bits per heavy atom. The van der Waals surface area contributed by atoms with Crippen molar-refractivity contribution in [3.63, 3.8) is 0 Å². The summed E-state index contributed by atoms with van der Waals surface area (Å²) in [7, 11) is 0. The second kappa shape index (κ2) is 10.4. The van der Waals surface area contributed by atoms with E-state index in [1.165, 1.54) is 72.1 Å². The van der Waals surface area contributed by atoms with Gasteiger partial charge in [0.05, 0.1) is 11.0 Å². The number of aromatic nitrogens is 1. The molecule has 2 aliphatic heterocycles. The Bertz CT molecular complexity index is 2690. The molecule has 0 bridgehead atoms. The zero-order valence-corrected chi connectivity index (χ0v) is 28.6. The molecule has 0 fully saturated rings. The highest BCUT2D eigenvalue weighted by Gasteiger charge is 2.51. The molecule has 3 heterocycles. The number of hydrogen-bond acceptors (Lipinski definition) is 2. The Kier molecular flexibility index (Phi) is 5.82. The Morgan fingerprint density at radius 1 is 0.549 bits per heavy atom. The number of para-hydroxylation sites is 4. The van der Waals surface area contributed by atoms with E-state index in [0.717, 1.165) is 17.1 Å². The van der Waals surface area contributed by atoms with Crippen molar-refractivity contribution in [2.24, 2.45) is 0 Å². The van der Waals surface area contributed by atoms with Gasteiger partial charge in [-0.25, -0.2) is 0 Å². The minimum absolute atomic E-state index is 0.0241. The van der Waals surface area contributed by atoms with Gasteiger partial charge in [0.2, 0.25) is 0 Å². The number of allylic oxidation sites excluding steroid dienone is 1. The van der Waals surface area contributed by atoms with E-state index in [0.29, 0.717) is 0 Å². The molecule has 51 heavy (non-hydrogen) atoms. The summed E-state index contributed by atoms with van der Waals surface area (Å²) in [4.78, 5) is 5.04. The molecule has 3 aliphatic rings. The van der Waals surface area contributed by atoms with Gasteiger partial charge in [0.25, 0.3) is 0 Å². The van der Waals surface area contributed by atoms with Crippen LogP contribution < -0.4 is 20.6 Å². The molecule has 0 saturated carbocycles. The first kappa shape index (κ1) is 28.6. The number of benzene rings is 7. The molecule has 0 unspecified atom stereocenters. The molecule has 1 aliphatic carbocycles. The Labute approximate surface area is 298 Å². The lowest BCUT2D eigenvalue weighted by Crippen LogP contribution is -2.63. The van der Waals surface area contributed by atoms with Crippen molar-refractivity contribution in [2.45, 2.75) is 19.3 Å². The monoisotopic (exact) mass is 651 g/mol. The van der Waals surface area contributed by atoms with E-state index < -0.39 is 0 Å². The van der Waals surface area contributed by atoms with Gasteiger partial charge in [-0.1, -0.05) is 123 Å². The van der Waals surface area contributed by atoms with Gasteiger partial charge in [0.1, 0.15) is 0 Å². The van der Waals surface area contributed by atoms with Gasteiger partial charge >= 0.3 is 6.85 Å². The van der Waals surface area contributed by atoms with Gasteiger partial charge in [0, 0.05) is 55.9 Å². The molecule has 0 N–H and O–H groups in total. The van der Waals surface area contributed by atoms with Crippen molar-refractivity contribution < 1.29 is 0 Å². The highest BCUT2D eigenvalue weighted by Crippen LogP contribution is 2.53. The molecular weight excluding hydrogens is 617 g/mol. The SMILES string of the molecule is CC1(C)C2=C(c3ccccc31)c1cccc3c1B(c1cccc4c5cc(N(c6ccccc6)c6ccccc6)ccc5n-3c14)N2c1ccccc1. The third-order valence-electron chi connectivity index (χ3n) is 11.5. The maximum atomic E-state index is 2.68. The summed E-state index contributed by atoms with van der Waals surface area (Å²) in [5, 5.41) is 2.54. The van der Waals surface area contributed by atoms with E-state index in [4.69, 9.17) is 0 Å². The number of rotatable bonds is 4. The van der Waals surface area contributed by atoms with Crippen molar-refractivity contribution in [1.29, 1.82) is 0 Å². The van der Waals surface area contributed by atoms with Gasteiger partial charge < -0.3 is 14.3 Å². The first-order chi connectivity index (χ1) is 25.1. The highest BCUT2D eigenvalue weighted by molar-refractivity contribution is 6.92. The first-order valence-corrected chi connectivity index (χ1v) is 17.9. The van der Waals surface area contributed by atoms with Crippen LogP contribution in [0.1, 0.15) is 30.5 Å². The lowest BCUT2D eigenvalue weighted by atomic mass is 9.43. The van der Waals surface area contributed by atoms with E-state index in [-0.39, 0.29) is 12.3 Å². The zero-order valence-electron chi connectivity index (χ0n) is 28.6. The predicted octanol–water partition coefficient (Wildman–Crippen LogP) is 10.2. The number of nitrogens with zero attached hydrogens (tertiary/aromatic N) is 3. The number of anilines is 4. The smallest absolute Gasteiger partial charge is 0.332 e. The molecule has 0 amide bonds. The molecule has 0 atom stereocenters. The molecule has 240 valence electrons. The Hall–Kier alpha value is -6.26. The van der Waals surface area contributed by atoms with E-state index in [1.807, 2.05) is 0 Å². The van der Waals surface area contributed by atoms with Gasteiger partial charge in [-0.05, 0) is 88.3 Å². The van der Waals surface area contributed by atoms with Crippen molar-refractivity contribution in [1.82, 2.24) is 4.57 Å². The number of fused-ring (bicyclic) bond motifs is 8. The summed E-state index contributed by atoms with van der Waals surface area (Å²) in [6, 6.07) is 62.5. The van der Waals surface area contributed by atoms with E-state index in [1.54, 1.807) is 0 Å².